The zero-order valence-corrected chi connectivity index (χ0v) is 10.6. The molecular weight excluding hydrogens is 249 g/mol. The van der Waals surface area contributed by atoms with E-state index in [1.165, 1.54) is 12.3 Å². The van der Waals surface area contributed by atoms with Crippen LogP contribution in [0.3, 0.4) is 0 Å². The summed E-state index contributed by atoms with van der Waals surface area (Å²) in [4.78, 5) is 0. The predicted octanol–water partition coefficient (Wildman–Crippen LogP) is 2.96. The number of aliphatic hydroxyl groups excluding tert-OH is 1. The molecular formula is C14H16FNO3. The lowest BCUT2D eigenvalue weighted by atomic mass is 10.2. The Morgan fingerprint density at radius 2 is 2.26 bits per heavy atom. The minimum atomic E-state index is -0.773. The Bertz CT molecular complexity index is 513. The highest BCUT2D eigenvalue weighted by molar-refractivity contribution is 5.47. The van der Waals surface area contributed by atoms with E-state index in [0.29, 0.717) is 18.1 Å². The molecule has 102 valence electrons. The summed E-state index contributed by atoms with van der Waals surface area (Å²) >= 11 is 0. The maximum absolute atomic E-state index is 13.6. The van der Waals surface area contributed by atoms with Crippen molar-refractivity contribution in [3.8, 4) is 5.75 Å². The highest BCUT2D eigenvalue weighted by Crippen LogP contribution is 2.22. The highest BCUT2D eigenvalue weighted by atomic mass is 19.1. The fraction of sp³-hybridized carbons (Fsp3) is 0.286. The number of furan rings is 1. The maximum atomic E-state index is 13.6. The Morgan fingerprint density at radius 3 is 2.89 bits per heavy atom. The summed E-state index contributed by atoms with van der Waals surface area (Å²) in [5, 5.41) is 12.7. The third-order valence-electron chi connectivity index (χ3n) is 2.60. The molecule has 2 rings (SSSR count). The van der Waals surface area contributed by atoms with E-state index < -0.39 is 11.9 Å². The van der Waals surface area contributed by atoms with E-state index in [0.717, 1.165) is 0 Å². The molecule has 0 amide bonds. The lowest BCUT2D eigenvalue weighted by Crippen LogP contribution is -2.11. The number of halogens is 1. The van der Waals surface area contributed by atoms with Crippen molar-refractivity contribution in [2.75, 3.05) is 18.5 Å². The van der Waals surface area contributed by atoms with Crippen LogP contribution in [0.15, 0.2) is 41.0 Å². The summed E-state index contributed by atoms with van der Waals surface area (Å²) < 4.78 is 23.8. The number of rotatable bonds is 6. The fourth-order valence-electron chi connectivity index (χ4n) is 1.68. The zero-order valence-electron chi connectivity index (χ0n) is 10.6. The first-order chi connectivity index (χ1) is 9.20. The van der Waals surface area contributed by atoms with E-state index in [9.17, 15) is 9.50 Å². The Morgan fingerprint density at radius 1 is 1.42 bits per heavy atom. The molecule has 0 spiro atoms. The van der Waals surface area contributed by atoms with Gasteiger partial charge in [0.1, 0.15) is 11.9 Å². The molecule has 0 radical (unpaired) electrons. The van der Waals surface area contributed by atoms with Crippen molar-refractivity contribution in [1.29, 1.82) is 0 Å². The van der Waals surface area contributed by atoms with Crippen LogP contribution in [-0.4, -0.2) is 18.3 Å². The van der Waals surface area contributed by atoms with Gasteiger partial charge >= 0.3 is 0 Å². The van der Waals surface area contributed by atoms with Gasteiger partial charge in [-0.05, 0) is 31.2 Å². The van der Waals surface area contributed by atoms with Gasteiger partial charge in [-0.15, -0.1) is 0 Å². The number of benzene rings is 1. The molecule has 1 atom stereocenters. The van der Waals surface area contributed by atoms with Crippen molar-refractivity contribution in [2.45, 2.75) is 13.0 Å². The van der Waals surface area contributed by atoms with Gasteiger partial charge in [0.05, 0.1) is 12.9 Å². The summed E-state index contributed by atoms with van der Waals surface area (Å²) in [7, 11) is 0. The van der Waals surface area contributed by atoms with E-state index in [4.69, 9.17) is 9.15 Å². The molecule has 0 aliphatic rings. The molecule has 1 unspecified atom stereocenters. The van der Waals surface area contributed by atoms with Crippen molar-refractivity contribution in [1.82, 2.24) is 0 Å². The van der Waals surface area contributed by atoms with Crippen molar-refractivity contribution >= 4 is 5.69 Å². The fourth-order valence-corrected chi connectivity index (χ4v) is 1.68. The van der Waals surface area contributed by atoms with E-state index in [1.807, 2.05) is 0 Å². The molecule has 4 nitrogen and oxygen atoms in total. The topological polar surface area (TPSA) is 54.6 Å². The summed E-state index contributed by atoms with van der Waals surface area (Å²) in [5.41, 5.74) is 0.576. The lowest BCUT2D eigenvalue weighted by Gasteiger charge is -2.12. The second kappa shape index (κ2) is 6.24. The average molecular weight is 265 g/mol. The van der Waals surface area contributed by atoms with Crippen molar-refractivity contribution in [3.05, 3.63) is 48.2 Å². The van der Waals surface area contributed by atoms with Gasteiger partial charge in [-0.3, -0.25) is 0 Å². The number of hydrogen-bond donors (Lipinski definition) is 2. The van der Waals surface area contributed by atoms with Crippen LogP contribution in [0.2, 0.25) is 0 Å². The van der Waals surface area contributed by atoms with Crippen LogP contribution >= 0.6 is 0 Å². The summed E-state index contributed by atoms with van der Waals surface area (Å²) in [5.74, 6) is 0.262. The number of anilines is 1. The normalized spacial score (nSPS) is 12.2. The van der Waals surface area contributed by atoms with Crippen LogP contribution in [-0.2, 0) is 0 Å². The Labute approximate surface area is 110 Å². The van der Waals surface area contributed by atoms with Gasteiger partial charge in [-0.25, -0.2) is 4.39 Å². The molecule has 0 saturated carbocycles. The van der Waals surface area contributed by atoms with Gasteiger partial charge < -0.3 is 19.6 Å². The smallest absolute Gasteiger partial charge is 0.167 e. The number of hydrogen-bond acceptors (Lipinski definition) is 4. The Kier molecular flexibility index (Phi) is 4.41. The maximum Gasteiger partial charge on any atom is 0.167 e. The summed E-state index contributed by atoms with van der Waals surface area (Å²) in [6, 6.07) is 7.98. The molecule has 2 N–H and O–H groups in total. The first kappa shape index (κ1) is 13.4. The van der Waals surface area contributed by atoms with Crippen LogP contribution in [0, 0.1) is 5.82 Å². The van der Waals surface area contributed by atoms with Crippen LogP contribution in [0.4, 0.5) is 10.1 Å². The Hall–Kier alpha value is -2.01. The van der Waals surface area contributed by atoms with Crippen LogP contribution in [0.1, 0.15) is 18.8 Å². The van der Waals surface area contributed by atoms with Gasteiger partial charge in [-0.2, -0.15) is 0 Å². The molecule has 0 fully saturated rings. The molecule has 1 aromatic heterocycles. The van der Waals surface area contributed by atoms with Crippen LogP contribution in [0.5, 0.6) is 5.75 Å². The average Bonchev–Trinajstić information content (AvgIpc) is 2.93. The molecule has 0 aliphatic carbocycles. The predicted molar refractivity (Wildman–Crippen MR) is 69.7 cm³/mol. The highest BCUT2D eigenvalue weighted by Gasteiger charge is 2.10. The minimum Gasteiger partial charge on any atom is -0.491 e. The summed E-state index contributed by atoms with van der Waals surface area (Å²) in [6.45, 7) is 2.45. The van der Waals surface area contributed by atoms with Gasteiger partial charge in [0.2, 0.25) is 0 Å². The van der Waals surface area contributed by atoms with Crippen LogP contribution < -0.4 is 10.1 Å². The monoisotopic (exact) mass is 265 g/mol. The summed E-state index contributed by atoms with van der Waals surface area (Å²) in [6.07, 6.45) is 0.722. The van der Waals surface area contributed by atoms with Gasteiger partial charge in [0.15, 0.2) is 11.6 Å². The number of ether oxygens (including phenoxy) is 1. The van der Waals surface area contributed by atoms with E-state index >= 15 is 0 Å². The molecule has 0 aliphatic heterocycles. The third-order valence-corrected chi connectivity index (χ3v) is 2.60. The molecule has 2 aromatic rings. The quantitative estimate of drug-likeness (QED) is 0.843. The number of aliphatic hydroxyl groups is 1. The van der Waals surface area contributed by atoms with Crippen molar-refractivity contribution < 1.29 is 18.7 Å². The number of nitrogens with one attached hydrogen (secondary N) is 1. The van der Waals surface area contributed by atoms with Gasteiger partial charge in [0, 0.05) is 18.3 Å². The molecule has 19 heavy (non-hydrogen) atoms. The largest absolute Gasteiger partial charge is 0.491 e. The van der Waals surface area contributed by atoms with Gasteiger partial charge in [-0.1, -0.05) is 0 Å². The first-order valence-electron chi connectivity index (χ1n) is 6.08. The van der Waals surface area contributed by atoms with E-state index in [-0.39, 0.29) is 12.3 Å². The van der Waals surface area contributed by atoms with E-state index in [1.54, 1.807) is 31.2 Å². The van der Waals surface area contributed by atoms with Gasteiger partial charge in [0.25, 0.3) is 0 Å². The molecule has 1 heterocycles. The molecule has 5 heteroatoms. The lowest BCUT2D eigenvalue weighted by molar-refractivity contribution is 0.162. The first-order valence-corrected chi connectivity index (χ1v) is 6.08. The molecule has 1 aromatic carbocycles. The van der Waals surface area contributed by atoms with E-state index in [2.05, 4.69) is 5.32 Å². The second-order valence-corrected chi connectivity index (χ2v) is 3.99. The standard InChI is InChI=1S/C14H16FNO3/c1-2-18-13-6-5-10(8-11(13)15)16-9-12(17)14-4-3-7-19-14/h3-8,12,16-17H,2,9H2,1H3. The molecule has 0 bridgehead atoms. The zero-order chi connectivity index (χ0) is 13.7. The van der Waals surface area contributed by atoms with Crippen molar-refractivity contribution in [3.63, 3.8) is 0 Å². The SMILES string of the molecule is CCOc1ccc(NCC(O)c2ccco2)cc1F. The van der Waals surface area contributed by atoms with Crippen LogP contribution in [0.25, 0.3) is 0 Å². The van der Waals surface area contributed by atoms with Crippen molar-refractivity contribution in [2.24, 2.45) is 0 Å². The molecule has 0 saturated heterocycles. The third kappa shape index (κ3) is 3.48. The Balaban J connectivity index is 1.94. The second-order valence-electron chi connectivity index (χ2n) is 3.99. The minimum absolute atomic E-state index is 0.222.